The number of aromatic nitrogens is 2. The largest absolute Gasteiger partial charge is 0.481 e. The number of carboxylic acids is 2. The van der Waals surface area contributed by atoms with Crippen LogP contribution in [-0.2, 0) is 9.59 Å². The highest BCUT2D eigenvalue weighted by atomic mass is 16.4. The molecule has 1 saturated heterocycles. The van der Waals surface area contributed by atoms with Crippen molar-refractivity contribution in [2.45, 2.75) is 45.4 Å². The Morgan fingerprint density at radius 3 is 2.20 bits per heavy atom. The second kappa shape index (κ2) is 11.3. The van der Waals surface area contributed by atoms with Gasteiger partial charge in [0, 0.05) is 23.7 Å². The number of aromatic amines is 1. The molecular formula is C22H29N3O5. The van der Waals surface area contributed by atoms with Crippen molar-refractivity contribution in [1.82, 2.24) is 15.5 Å². The number of H-pyrrole nitrogens is 1. The van der Waals surface area contributed by atoms with Crippen LogP contribution in [-0.4, -0.2) is 51.2 Å². The molecule has 162 valence electrons. The average molecular weight is 415 g/mol. The van der Waals surface area contributed by atoms with E-state index in [9.17, 15) is 14.4 Å². The number of nitrogens with zero attached hydrogens (tertiary/aromatic N) is 1. The molecule has 1 aliphatic heterocycles. The minimum Gasteiger partial charge on any atom is -0.481 e. The molecule has 1 aromatic heterocycles. The molecule has 0 spiro atoms. The Morgan fingerprint density at radius 1 is 1.07 bits per heavy atom. The second-order valence-corrected chi connectivity index (χ2v) is 7.47. The third kappa shape index (κ3) is 6.52. The molecule has 1 aromatic carbocycles. The molecule has 0 radical (unpaired) electrons. The molecule has 4 N–H and O–H groups in total. The lowest BCUT2D eigenvalue weighted by Crippen LogP contribution is -2.45. The van der Waals surface area contributed by atoms with E-state index >= 15 is 0 Å². The predicted octanol–water partition coefficient (Wildman–Crippen LogP) is 3.37. The van der Waals surface area contributed by atoms with Crippen LogP contribution in [0, 0.1) is 5.41 Å². The molecular weight excluding hydrogens is 386 g/mol. The van der Waals surface area contributed by atoms with Crippen molar-refractivity contribution in [3.63, 3.8) is 0 Å². The highest BCUT2D eigenvalue weighted by Gasteiger charge is 2.38. The van der Waals surface area contributed by atoms with Crippen LogP contribution < -0.4 is 5.32 Å². The summed E-state index contributed by atoms with van der Waals surface area (Å²) in [5, 5.41) is 26.1. The van der Waals surface area contributed by atoms with E-state index in [0.29, 0.717) is 0 Å². The normalized spacial score (nSPS) is 18.2. The summed E-state index contributed by atoms with van der Waals surface area (Å²) in [6.45, 7) is 3.99. The molecule has 0 saturated carbocycles. The Morgan fingerprint density at radius 2 is 1.73 bits per heavy atom. The van der Waals surface area contributed by atoms with Gasteiger partial charge in [-0.1, -0.05) is 37.6 Å². The zero-order valence-electron chi connectivity index (χ0n) is 17.2. The van der Waals surface area contributed by atoms with E-state index in [0.717, 1.165) is 55.6 Å². The minimum atomic E-state index is -1.08. The molecule has 0 aliphatic carbocycles. The number of piperidine rings is 1. The van der Waals surface area contributed by atoms with Crippen molar-refractivity contribution in [2.75, 3.05) is 13.1 Å². The van der Waals surface area contributed by atoms with Crippen molar-refractivity contribution in [2.24, 2.45) is 5.41 Å². The van der Waals surface area contributed by atoms with Crippen LogP contribution in [0.1, 0.15) is 55.8 Å². The standard InChI is InChI=1S/C18H23N3O.C4H6O4/c1-2-9-18(10-3-11-19-13-18)17(22)15-6-4-14(5-7-15)16-8-12-20-21-16;5-3(6)1-2-4(7)8/h4-8,12,19H,2-3,9-11,13H2,1H3,(H,20,21);1-2H2,(H,5,6)(H,7,8). The lowest BCUT2D eigenvalue weighted by molar-refractivity contribution is -0.143. The Hall–Kier alpha value is -3.00. The van der Waals surface area contributed by atoms with Crippen LogP contribution in [0.5, 0.6) is 0 Å². The maximum atomic E-state index is 13.0. The van der Waals surface area contributed by atoms with Gasteiger partial charge in [0.25, 0.3) is 0 Å². The lowest BCUT2D eigenvalue weighted by atomic mass is 9.71. The number of hydrogen-bond donors (Lipinski definition) is 4. The average Bonchev–Trinajstić information content (AvgIpc) is 3.28. The van der Waals surface area contributed by atoms with Crippen molar-refractivity contribution in [1.29, 1.82) is 0 Å². The number of ketones is 1. The fraction of sp³-hybridized carbons (Fsp3) is 0.455. The Balaban J connectivity index is 0.000000343. The van der Waals surface area contributed by atoms with Gasteiger partial charge in [-0.3, -0.25) is 19.5 Å². The molecule has 0 amide bonds. The fourth-order valence-electron chi connectivity index (χ4n) is 3.70. The summed E-state index contributed by atoms with van der Waals surface area (Å²) in [4.78, 5) is 32.3. The monoisotopic (exact) mass is 415 g/mol. The van der Waals surface area contributed by atoms with E-state index in [2.05, 4.69) is 22.4 Å². The molecule has 0 bridgehead atoms. The summed E-state index contributed by atoms with van der Waals surface area (Å²) in [5.74, 6) is -1.86. The van der Waals surface area contributed by atoms with Gasteiger partial charge in [-0.25, -0.2) is 0 Å². The number of aliphatic carboxylic acids is 2. The lowest BCUT2D eigenvalue weighted by Gasteiger charge is -2.36. The van der Waals surface area contributed by atoms with Crippen molar-refractivity contribution >= 4 is 17.7 Å². The van der Waals surface area contributed by atoms with E-state index < -0.39 is 11.9 Å². The summed E-state index contributed by atoms with van der Waals surface area (Å²) >= 11 is 0. The van der Waals surface area contributed by atoms with Crippen LogP contribution in [0.3, 0.4) is 0 Å². The Bertz CT molecular complexity index is 805. The van der Waals surface area contributed by atoms with Gasteiger partial charge in [0.05, 0.1) is 18.5 Å². The molecule has 30 heavy (non-hydrogen) atoms. The van der Waals surface area contributed by atoms with Gasteiger partial charge in [-0.2, -0.15) is 5.10 Å². The number of carboxylic acid groups (broad SMARTS) is 2. The number of carbonyl (C=O) groups is 3. The van der Waals surface area contributed by atoms with Crippen LogP contribution in [0.15, 0.2) is 36.5 Å². The molecule has 1 unspecified atom stereocenters. The number of rotatable bonds is 8. The first-order valence-corrected chi connectivity index (χ1v) is 10.2. The molecule has 3 rings (SSSR count). The first-order valence-electron chi connectivity index (χ1n) is 10.2. The highest BCUT2D eigenvalue weighted by Crippen LogP contribution is 2.35. The Labute approximate surface area is 175 Å². The number of hydrogen-bond acceptors (Lipinski definition) is 5. The predicted molar refractivity (Wildman–Crippen MR) is 112 cm³/mol. The summed E-state index contributed by atoms with van der Waals surface area (Å²) in [5.41, 5.74) is 2.63. The fourth-order valence-corrected chi connectivity index (χ4v) is 3.70. The zero-order chi connectivity index (χ0) is 22.0. The van der Waals surface area contributed by atoms with Crippen LogP contribution in [0.25, 0.3) is 11.3 Å². The van der Waals surface area contributed by atoms with Gasteiger partial charge in [-0.15, -0.1) is 0 Å². The van der Waals surface area contributed by atoms with E-state index in [1.807, 2.05) is 30.3 Å². The number of nitrogens with one attached hydrogen (secondary N) is 2. The first-order chi connectivity index (χ1) is 14.4. The smallest absolute Gasteiger partial charge is 0.303 e. The second-order valence-electron chi connectivity index (χ2n) is 7.47. The maximum Gasteiger partial charge on any atom is 0.303 e. The van der Waals surface area contributed by atoms with Gasteiger partial charge in [0.1, 0.15) is 0 Å². The minimum absolute atomic E-state index is 0.220. The van der Waals surface area contributed by atoms with Crippen LogP contribution >= 0.6 is 0 Å². The van der Waals surface area contributed by atoms with E-state index in [4.69, 9.17) is 10.2 Å². The highest BCUT2D eigenvalue weighted by molar-refractivity contribution is 6.01. The molecule has 8 heteroatoms. The summed E-state index contributed by atoms with van der Waals surface area (Å²) in [6, 6.07) is 9.82. The first kappa shape index (κ1) is 23.3. The molecule has 1 aliphatic rings. The third-order valence-corrected chi connectivity index (χ3v) is 5.19. The van der Waals surface area contributed by atoms with E-state index in [1.165, 1.54) is 0 Å². The third-order valence-electron chi connectivity index (χ3n) is 5.19. The van der Waals surface area contributed by atoms with Crippen molar-refractivity contribution < 1.29 is 24.6 Å². The molecule has 2 aromatic rings. The number of benzene rings is 1. The number of Topliss-reactive ketones (excluding diaryl/α,β-unsaturated/α-hetero) is 1. The molecule has 2 heterocycles. The SMILES string of the molecule is CCCC1(C(=O)c2ccc(-c3ccn[nH]3)cc2)CCCNC1.O=C(O)CCC(=O)O. The molecule has 1 atom stereocenters. The summed E-state index contributed by atoms with van der Waals surface area (Å²) in [7, 11) is 0. The summed E-state index contributed by atoms with van der Waals surface area (Å²) < 4.78 is 0. The molecule has 8 nitrogen and oxygen atoms in total. The summed E-state index contributed by atoms with van der Waals surface area (Å²) in [6.07, 6.45) is 5.22. The van der Waals surface area contributed by atoms with Gasteiger partial charge < -0.3 is 15.5 Å². The van der Waals surface area contributed by atoms with Gasteiger partial charge in [0.15, 0.2) is 5.78 Å². The van der Waals surface area contributed by atoms with Gasteiger partial charge in [-0.05, 0) is 37.4 Å². The maximum absolute atomic E-state index is 13.0. The van der Waals surface area contributed by atoms with Gasteiger partial charge in [0.2, 0.25) is 0 Å². The Kier molecular flexibility index (Phi) is 8.73. The quantitative estimate of drug-likeness (QED) is 0.486. The van der Waals surface area contributed by atoms with E-state index in [-0.39, 0.29) is 24.0 Å². The number of carbonyl (C=O) groups excluding carboxylic acids is 1. The van der Waals surface area contributed by atoms with E-state index in [1.54, 1.807) is 6.20 Å². The molecule has 1 fully saturated rings. The topological polar surface area (TPSA) is 132 Å². The zero-order valence-corrected chi connectivity index (χ0v) is 17.2. The van der Waals surface area contributed by atoms with Crippen LogP contribution in [0.2, 0.25) is 0 Å². The van der Waals surface area contributed by atoms with Crippen molar-refractivity contribution in [3.8, 4) is 11.3 Å². The van der Waals surface area contributed by atoms with Crippen LogP contribution in [0.4, 0.5) is 0 Å². The van der Waals surface area contributed by atoms with Crippen molar-refractivity contribution in [3.05, 3.63) is 42.1 Å². The van der Waals surface area contributed by atoms with Gasteiger partial charge >= 0.3 is 11.9 Å².